The van der Waals surface area contributed by atoms with E-state index in [-0.39, 0.29) is 11.7 Å². The predicted octanol–water partition coefficient (Wildman–Crippen LogP) is 5.39. The lowest BCUT2D eigenvalue weighted by Gasteiger charge is -2.23. The molecule has 1 amide bonds. The van der Waals surface area contributed by atoms with Crippen LogP contribution in [-0.4, -0.2) is 43.1 Å². The Hall–Kier alpha value is -4.00. The molecule has 0 saturated heterocycles. The number of phenolic OH excluding ortho intramolecular Hbond substituents is 1. The summed E-state index contributed by atoms with van der Waals surface area (Å²) in [6.45, 7) is 3.40. The van der Waals surface area contributed by atoms with Gasteiger partial charge in [-0.05, 0) is 64.1 Å². The molecular formula is C28H31N5O2. The molecule has 0 saturated carbocycles. The molecule has 4 aromatic rings. The number of hydrogen-bond donors (Lipinski definition) is 2. The number of amides is 1. The van der Waals surface area contributed by atoms with Gasteiger partial charge >= 0.3 is 0 Å². The third-order valence-electron chi connectivity index (χ3n) is 6.09. The maximum atomic E-state index is 12.9. The van der Waals surface area contributed by atoms with Crippen LogP contribution in [0.3, 0.4) is 0 Å². The van der Waals surface area contributed by atoms with E-state index < -0.39 is 0 Å². The van der Waals surface area contributed by atoms with E-state index in [1.54, 1.807) is 12.1 Å². The molecule has 180 valence electrons. The number of carbonyl (C=O) groups excluding carboxylic acids is 1. The zero-order chi connectivity index (χ0) is 24.5. The molecule has 0 aliphatic rings. The summed E-state index contributed by atoms with van der Waals surface area (Å²) in [6, 6.07) is 23.6. The molecule has 1 heterocycles. The molecule has 2 N–H and O–H groups in total. The van der Waals surface area contributed by atoms with Gasteiger partial charge in [0.1, 0.15) is 5.75 Å². The van der Waals surface area contributed by atoms with E-state index >= 15 is 0 Å². The summed E-state index contributed by atoms with van der Waals surface area (Å²) in [5.41, 5.74) is 5.31. The fraction of sp³-hybridized carbons (Fsp3) is 0.286. The number of rotatable bonds is 11. The summed E-state index contributed by atoms with van der Waals surface area (Å²) in [5, 5.41) is 23.8. The Kier molecular flexibility index (Phi) is 8.22. The minimum absolute atomic E-state index is 0.199. The van der Waals surface area contributed by atoms with Gasteiger partial charge in [0.2, 0.25) is 5.91 Å². The number of benzene rings is 3. The summed E-state index contributed by atoms with van der Waals surface area (Å²) >= 11 is 0. The molecule has 35 heavy (non-hydrogen) atoms. The standard InChI is InChI=1S/C28H31N5O2/c1-2-3-10-27(35)33(19-6-7-21-13-17-24(34)18-14-21)20-22-11-15-23(16-12-22)25-8-4-5-9-26(25)28-29-31-32-30-28/h4-5,8-9,11-18,34H,2-3,6-7,10,19-20H2,1H3,(H,29,30,31,32). The van der Waals surface area contributed by atoms with Crippen LogP contribution in [0.5, 0.6) is 5.75 Å². The summed E-state index contributed by atoms with van der Waals surface area (Å²) in [5.74, 6) is 1.10. The number of hydrogen-bond acceptors (Lipinski definition) is 5. The van der Waals surface area contributed by atoms with E-state index in [2.05, 4.69) is 57.9 Å². The largest absolute Gasteiger partial charge is 0.508 e. The van der Waals surface area contributed by atoms with Crippen LogP contribution in [0.2, 0.25) is 0 Å². The summed E-state index contributed by atoms with van der Waals surface area (Å²) in [4.78, 5) is 14.9. The molecule has 0 radical (unpaired) electrons. The van der Waals surface area contributed by atoms with Crippen LogP contribution in [0.25, 0.3) is 22.5 Å². The van der Waals surface area contributed by atoms with Gasteiger partial charge in [0.25, 0.3) is 0 Å². The third kappa shape index (κ3) is 6.53. The van der Waals surface area contributed by atoms with E-state index in [0.717, 1.165) is 53.5 Å². The Balaban J connectivity index is 1.45. The molecule has 1 aromatic heterocycles. The molecule has 7 heteroatoms. The van der Waals surface area contributed by atoms with E-state index in [4.69, 9.17) is 0 Å². The van der Waals surface area contributed by atoms with Gasteiger partial charge in [-0.3, -0.25) is 4.79 Å². The normalized spacial score (nSPS) is 10.9. The maximum Gasteiger partial charge on any atom is 0.222 e. The van der Waals surface area contributed by atoms with Crippen molar-refractivity contribution in [2.24, 2.45) is 0 Å². The number of aromatic hydroxyl groups is 1. The first-order chi connectivity index (χ1) is 17.1. The number of unbranched alkanes of at least 4 members (excludes halogenated alkanes) is 1. The second-order valence-corrected chi connectivity index (χ2v) is 8.68. The zero-order valence-corrected chi connectivity index (χ0v) is 20.0. The van der Waals surface area contributed by atoms with Gasteiger partial charge in [-0.25, -0.2) is 5.10 Å². The SMILES string of the molecule is CCCCC(=O)N(CCCc1ccc(O)cc1)Cc1ccc(-c2ccccc2-c2nnn[nH]2)cc1. The van der Waals surface area contributed by atoms with Gasteiger partial charge in [-0.15, -0.1) is 5.10 Å². The van der Waals surface area contributed by atoms with Crippen molar-refractivity contribution in [2.75, 3.05) is 6.54 Å². The van der Waals surface area contributed by atoms with Gasteiger partial charge in [-0.2, -0.15) is 0 Å². The van der Waals surface area contributed by atoms with E-state index in [9.17, 15) is 9.90 Å². The molecule has 4 rings (SSSR count). The number of nitrogens with one attached hydrogen (secondary N) is 1. The third-order valence-corrected chi connectivity index (χ3v) is 6.09. The Bertz CT molecular complexity index is 1210. The lowest BCUT2D eigenvalue weighted by Crippen LogP contribution is -2.31. The molecule has 3 aromatic carbocycles. The number of carbonyl (C=O) groups is 1. The van der Waals surface area contributed by atoms with Crippen molar-refractivity contribution >= 4 is 5.91 Å². The van der Waals surface area contributed by atoms with Gasteiger partial charge in [0, 0.05) is 25.1 Å². The molecule has 0 atom stereocenters. The molecule has 7 nitrogen and oxygen atoms in total. The fourth-order valence-corrected chi connectivity index (χ4v) is 4.14. The van der Waals surface area contributed by atoms with Crippen LogP contribution >= 0.6 is 0 Å². The Labute approximate surface area is 205 Å². The molecule has 0 fully saturated rings. The first-order valence-corrected chi connectivity index (χ1v) is 12.1. The average molecular weight is 470 g/mol. The Morgan fingerprint density at radius 1 is 0.914 bits per heavy atom. The summed E-state index contributed by atoms with van der Waals surface area (Å²) in [7, 11) is 0. The number of H-pyrrole nitrogens is 1. The lowest BCUT2D eigenvalue weighted by molar-refractivity contribution is -0.132. The topological polar surface area (TPSA) is 95.0 Å². The number of aryl methyl sites for hydroxylation is 1. The summed E-state index contributed by atoms with van der Waals surface area (Å²) in [6.07, 6.45) is 4.22. The minimum Gasteiger partial charge on any atom is -0.508 e. The molecule has 0 unspecified atom stereocenters. The van der Waals surface area contributed by atoms with Crippen molar-refractivity contribution < 1.29 is 9.90 Å². The quantitative estimate of drug-likeness (QED) is 0.307. The number of aromatic amines is 1. The van der Waals surface area contributed by atoms with Crippen LogP contribution < -0.4 is 0 Å². The maximum absolute atomic E-state index is 12.9. The average Bonchev–Trinajstić information content (AvgIpc) is 3.43. The lowest BCUT2D eigenvalue weighted by atomic mass is 9.98. The van der Waals surface area contributed by atoms with Crippen LogP contribution in [0.1, 0.15) is 43.7 Å². The van der Waals surface area contributed by atoms with E-state index in [1.165, 1.54) is 0 Å². The van der Waals surface area contributed by atoms with Gasteiger partial charge in [0.15, 0.2) is 5.82 Å². The van der Waals surface area contributed by atoms with Crippen molar-refractivity contribution in [1.82, 2.24) is 25.5 Å². The van der Waals surface area contributed by atoms with Crippen molar-refractivity contribution in [1.29, 1.82) is 0 Å². The number of aromatic nitrogens is 4. The monoisotopic (exact) mass is 469 g/mol. The predicted molar refractivity (Wildman–Crippen MR) is 136 cm³/mol. The highest BCUT2D eigenvalue weighted by atomic mass is 16.3. The van der Waals surface area contributed by atoms with Crippen LogP contribution in [-0.2, 0) is 17.8 Å². The second kappa shape index (κ2) is 11.9. The number of tetrazole rings is 1. The smallest absolute Gasteiger partial charge is 0.222 e. The van der Waals surface area contributed by atoms with Crippen LogP contribution in [0, 0.1) is 0 Å². The fourth-order valence-electron chi connectivity index (χ4n) is 4.14. The number of phenols is 1. The highest BCUT2D eigenvalue weighted by molar-refractivity contribution is 5.80. The van der Waals surface area contributed by atoms with Crippen LogP contribution in [0.4, 0.5) is 0 Å². The number of nitrogens with zero attached hydrogens (tertiary/aromatic N) is 4. The second-order valence-electron chi connectivity index (χ2n) is 8.68. The highest BCUT2D eigenvalue weighted by Crippen LogP contribution is 2.30. The summed E-state index contributed by atoms with van der Waals surface area (Å²) < 4.78 is 0. The van der Waals surface area contributed by atoms with Gasteiger partial charge in [-0.1, -0.05) is 74.0 Å². The zero-order valence-electron chi connectivity index (χ0n) is 20.0. The Morgan fingerprint density at radius 2 is 1.63 bits per heavy atom. The molecule has 0 spiro atoms. The molecule has 0 aliphatic heterocycles. The first kappa shape index (κ1) is 24.1. The van der Waals surface area contributed by atoms with Crippen molar-refractivity contribution in [3.8, 4) is 28.3 Å². The van der Waals surface area contributed by atoms with E-state index in [0.29, 0.717) is 25.3 Å². The van der Waals surface area contributed by atoms with Crippen LogP contribution in [0.15, 0.2) is 72.8 Å². The molecular weight excluding hydrogens is 438 g/mol. The van der Waals surface area contributed by atoms with E-state index in [1.807, 2.05) is 35.2 Å². The van der Waals surface area contributed by atoms with Crippen molar-refractivity contribution in [3.05, 3.63) is 83.9 Å². The highest BCUT2D eigenvalue weighted by Gasteiger charge is 2.15. The van der Waals surface area contributed by atoms with Crippen molar-refractivity contribution in [2.45, 2.75) is 45.6 Å². The van der Waals surface area contributed by atoms with Gasteiger partial charge in [0.05, 0.1) is 0 Å². The molecule has 0 aliphatic carbocycles. The van der Waals surface area contributed by atoms with Crippen molar-refractivity contribution in [3.63, 3.8) is 0 Å². The molecule has 0 bridgehead atoms. The van der Waals surface area contributed by atoms with Gasteiger partial charge < -0.3 is 10.0 Å². The first-order valence-electron chi connectivity index (χ1n) is 12.1. The Morgan fingerprint density at radius 3 is 2.31 bits per heavy atom. The minimum atomic E-state index is 0.199.